The fourth-order valence-electron chi connectivity index (χ4n) is 5.12. The second-order valence-electron chi connectivity index (χ2n) is 11.4. The van der Waals surface area contributed by atoms with Gasteiger partial charge >= 0.3 is 49.1 Å². The van der Waals surface area contributed by atoms with Crippen LogP contribution in [-0.2, 0) is 20.2 Å². The van der Waals surface area contributed by atoms with E-state index < -0.39 is 41.5 Å². The van der Waals surface area contributed by atoms with E-state index in [2.05, 4.69) is 20.5 Å². The summed E-state index contributed by atoms with van der Waals surface area (Å²) in [7, 11) is -9.92. The molecule has 0 saturated carbocycles. The minimum absolute atomic E-state index is 0. The molecule has 6 aromatic carbocycles. The normalized spacial score (nSPS) is 11.7. The topological polar surface area (TPSA) is 285 Å². The molecule has 4 N–H and O–H groups in total. The fourth-order valence-corrected chi connectivity index (χ4v) is 6.33. The van der Waals surface area contributed by atoms with E-state index >= 15 is 0 Å². The monoisotopic (exact) mass is 814 g/mol. The Morgan fingerprint density at radius 1 is 0.545 bits per heavy atom. The second-order valence-corrected chi connectivity index (χ2v) is 14.1. The molecule has 0 bridgehead atoms. The van der Waals surface area contributed by atoms with Crippen LogP contribution in [0, 0.1) is 23.7 Å². The van der Waals surface area contributed by atoms with Crippen LogP contribution in [0.1, 0.15) is 11.1 Å². The molecule has 0 heterocycles. The van der Waals surface area contributed by atoms with Gasteiger partial charge in [0.2, 0.25) is 0 Å². The van der Waals surface area contributed by atoms with Crippen molar-refractivity contribution in [3.05, 3.63) is 118 Å². The summed E-state index contributed by atoms with van der Waals surface area (Å²) in [6, 6.07) is 23.7. The van der Waals surface area contributed by atoms with Gasteiger partial charge in [0.15, 0.2) is 22.9 Å². The summed E-state index contributed by atoms with van der Waals surface area (Å²) in [5.74, 6) is -1.69. The Morgan fingerprint density at radius 2 is 0.891 bits per heavy atom. The number of hydrogen-bond acceptors (Lipinski definition) is 14. The van der Waals surface area contributed by atoms with Crippen molar-refractivity contribution in [2.24, 2.45) is 20.5 Å². The number of phenols is 2. The van der Waals surface area contributed by atoms with Crippen LogP contribution in [0.3, 0.4) is 0 Å². The number of nitrogens with zero attached hydrogens (tertiary/aromatic N) is 6. The molecule has 0 radical (unpaired) electrons. The zero-order valence-electron chi connectivity index (χ0n) is 28.5. The standard InChI is InChI=1S/2C17H13N3O6S.Ca/c2*1-10-6-7-13(14(8-10)20(22)23)18-19-16-12-5-3-2-4-11(12)9-15(17(16)21)27(24,25)26;/h2*2-9H,1H3,(H2-,18,21,22,23,24,25,26);/q;;+2. The van der Waals surface area contributed by atoms with Crippen molar-refractivity contribution in [2.45, 2.75) is 23.6 Å². The molecule has 0 aromatic heterocycles. The average Bonchev–Trinajstić information content (AvgIpc) is 3.10. The SMILES string of the molecule is Cc1ccc(N=Nc2c(O)c(S(=O)(=O)[O-])cc3ccccc23)c([N+](=O)O)c1.Cc1ccc(N=Nc2c(O)c(S(=O)(=O)[O-])cc3ccccc23)c([N+](=O)O)c1.[Ca+2]. The van der Waals surface area contributed by atoms with E-state index in [1.165, 1.54) is 24.3 Å². The van der Waals surface area contributed by atoms with Crippen molar-refractivity contribution in [1.82, 2.24) is 0 Å². The zero-order valence-corrected chi connectivity index (χ0v) is 32.3. The van der Waals surface area contributed by atoms with E-state index in [0.717, 1.165) is 12.1 Å². The molecule has 6 aromatic rings. The first-order valence-electron chi connectivity index (χ1n) is 15.1. The minimum Gasteiger partial charge on any atom is -0.744 e. The van der Waals surface area contributed by atoms with Gasteiger partial charge in [-0.1, -0.05) is 60.7 Å². The summed E-state index contributed by atoms with van der Waals surface area (Å²) in [6.07, 6.45) is 0. The van der Waals surface area contributed by atoms with Crippen LogP contribution in [0.15, 0.2) is 127 Å². The Hall–Kier alpha value is -5.48. The van der Waals surface area contributed by atoms with E-state index in [1.807, 2.05) is 0 Å². The first kappa shape index (κ1) is 42.3. The largest absolute Gasteiger partial charge is 2.00 e. The van der Waals surface area contributed by atoms with Crippen LogP contribution in [0.25, 0.3) is 21.5 Å². The maximum Gasteiger partial charge on any atom is 2.00 e. The van der Waals surface area contributed by atoms with E-state index in [0.29, 0.717) is 32.7 Å². The van der Waals surface area contributed by atoms with Crippen LogP contribution < -0.4 is 0 Å². The number of azo groups is 2. The summed E-state index contributed by atoms with van der Waals surface area (Å²) >= 11 is 0. The predicted molar refractivity (Wildman–Crippen MR) is 194 cm³/mol. The molecule has 21 heteroatoms. The molecule has 0 saturated heterocycles. The van der Waals surface area contributed by atoms with Crippen molar-refractivity contribution in [2.75, 3.05) is 0 Å². The number of benzene rings is 6. The molecule has 0 unspecified atom stereocenters. The Bertz CT molecular complexity index is 2610. The second kappa shape index (κ2) is 16.9. The molecule has 55 heavy (non-hydrogen) atoms. The quantitative estimate of drug-likeness (QED) is 0.0501. The average molecular weight is 815 g/mol. The van der Waals surface area contributed by atoms with E-state index in [1.54, 1.807) is 74.5 Å². The van der Waals surface area contributed by atoms with Crippen LogP contribution in [0.2, 0.25) is 0 Å². The fraction of sp³-hybridized carbons (Fsp3) is 0.0588. The molecular formula is C34H26CaN6O12S2+2. The van der Waals surface area contributed by atoms with E-state index in [9.17, 15) is 56.4 Å². The molecule has 0 atom stereocenters. The molecule has 0 aliphatic carbocycles. The van der Waals surface area contributed by atoms with Gasteiger partial charge in [-0.3, -0.25) is 0 Å². The number of aryl methyl sites for hydroxylation is 2. The van der Waals surface area contributed by atoms with E-state index in [4.69, 9.17) is 0 Å². The van der Waals surface area contributed by atoms with Gasteiger partial charge in [-0.2, -0.15) is 0 Å². The van der Waals surface area contributed by atoms with Gasteiger partial charge < -0.3 is 19.3 Å². The Kier molecular flexibility index (Phi) is 13.0. The molecule has 0 aliphatic heterocycles. The van der Waals surface area contributed by atoms with Crippen molar-refractivity contribution in [3.63, 3.8) is 0 Å². The summed E-state index contributed by atoms with van der Waals surface area (Å²) in [6.45, 7) is 3.41. The zero-order chi connectivity index (χ0) is 39.5. The van der Waals surface area contributed by atoms with Crippen LogP contribution in [-0.4, -0.2) is 94.2 Å². The van der Waals surface area contributed by atoms with Crippen LogP contribution >= 0.6 is 0 Å². The summed E-state index contributed by atoms with van der Waals surface area (Å²) in [4.78, 5) is 20.2. The van der Waals surface area contributed by atoms with Gasteiger partial charge in [-0.15, -0.1) is 20.5 Å². The molecule has 0 spiro atoms. The maximum atomic E-state index is 11.4. The number of phenolic OH excluding ortho intramolecular Hbond substituents is 2. The third-order valence-electron chi connectivity index (χ3n) is 7.65. The summed E-state index contributed by atoms with van der Waals surface area (Å²) in [5, 5.41) is 55.7. The molecule has 0 amide bonds. The number of fused-ring (bicyclic) bond motifs is 2. The van der Waals surface area contributed by atoms with Gasteiger partial charge in [0.25, 0.3) is 9.85 Å². The molecule has 6 rings (SSSR count). The smallest absolute Gasteiger partial charge is 0.744 e. The third-order valence-corrected chi connectivity index (χ3v) is 9.35. The van der Waals surface area contributed by atoms with Gasteiger partial charge in [-0.25, -0.2) is 27.3 Å². The van der Waals surface area contributed by atoms with Crippen molar-refractivity contribution < 1.29 is 56.4 Å². The number of rotatable bonds is 8. The Labute approximate surface area is 341 Å². The summed E-state index contributed by atoms with van der Waals surface area (Å²) < 4.78 is 68.6. The molecule has 0 aliphatic rings. The van der Waals surface area contributed by atoms with Crippen LogP contribution in [0.5, 0.6) is 11.5 Å². The maximum absolute atomic E-state index is 11.4. The summed E-state index contributed by atoms with van der Waals surface area (Å²) in [5.41, 5.74) is 0.478. The van der Waals surface area contributed by atoms with Crippen molar-refractivity contribution in [1.29, 1.82) is 0 Å². The van der Waals surface area contributed by atoms with Crippen molar-refractivity contribution >= 4 is 114 Å². The van der Waals surface area contributed by atoms with Gasteiger partial charge in [0.1, 0.15) is 31.6 Å². The number of hydrogen-bond donors (Lipinski definition) is 4. The Balaban J connectivity index is 0.000000240. The third kappa shape index (κ3) is 9.61. The molecule has 18 nitrogen and oxygen atoms in total. The molecular weight excluding hydrogens is 789 g/mol. The predicted octanol–water partition coefficient (Wildman–Crippen LogP) is 7.57. The number of aromatic hydroxyl groups is 2. The van der Waals surface area contributed by atoms with Gasteiger partial charge in [0, 0.05) is 22.9 Å². The van der Waals surface area contributed by atoms with Gasteiger partial charge in [0.05, 0.1) is 19.6 Å². The van der Waals surface area contributed by atoms with Gasteiger partial charge in [-0.05, 0) is 60.0 Å². The Morgan fingerprint density at radius 3 is 1.22 bits per heavy atom. The van der Waals surface area contributed by atoms with Crippen molar-refractivity contribution in [3.8, 4) is 11.5 Å². The molecule has 0 fully saturated rings. The first-order chi connectivity index (χ1) is 25.4. The van der Waals surface area contributed by atoms with Crippen LogP contribution in [0.4, 0.5) is 34.1 Å². The minimum atomic E-state index is -4.96. The molecule has 276 valence electrons. The van der Waals surface area contributed by atoms with E-state index in [-0.39, 0.29) is 81.7 Å². The first-order valence-corrected chi connectivity index (χ1v) is 18.0.